The van der Waals surface area contributed by atoms with Crippen molar-refractivity contribution < 1.29 is 37.5 Å². The van der Waals surface area contributed by atoms with Crippen LogP contribution in [0.4, 0.5) is 34.8 Å². The Hall–Kier alpha value is -6.25. The highest BCUT2D eigenvalue weighted by molar-refractivity contribution is 8.18. The van der Waals surface area contributed by atoms with Gasteiger partial charge in [0.2, 0.25) is 0 Å². The van der Waals surface area contributed by atoms with Crippen molar-refractivity contribution in [3.63, 3.8) is 0 Å². The maximum Gasteiger partial charge on any atom is 0.409 e. The van der Waals surface area contributed by atoms with E-state index in [9.17, 15) is 32.8 Å². The first kappa shape index (κ1) is 42.9. The number of imide groups is 2. The Balaban J connectivity index is 0.000000186. The van der Waals surface area contributed by atoms with Crippen LogP contribution in [0.5, 0.6) is 0 Å². The average molecular weight is 871 g/mol. The zero-order valence-electron chi connectivity index (χ0n) is 32.9. The molecule has 16 nitrogen and oxygen atoms in total. The van der Waals surface area contributed by atoms with Crippen molar-refractivity contribution in [1.29, 1.82) is 0 Å². The number of anilines is 2. The minimum Gasteiger partial charge on any atom is -0.450 e. The molecular weight excluding hydrogens is 831 g/mol. The summed E-state index contributed by atoms with van der Waals surface area (Å²) in [4.78, 5) is 82.3. The van der Waals surface area contributed by atoms with Gasteiger partial charge in [-0.15, -0.1) is 0 Å². The monoisotopic (exact) mass is 870 g/mol. The zero-order chi connectivity index (χ0) is 42.9. The lowest BCUT2D eigenvalue weighted by atomic mass is 10.1. The van der Waals surface area contributed by atoms with E-state index in [1.165, 1.54) is 36.7 Å². The number of aromatic nitrogens is 4. The van der Waals surface area contributed by atoms with Gasteiger partial charge in [-0.3, -0.25) is 39.8 Å². The van der Waals surface area contributed by atoms with Crippen LogP contribution in [0.3, 0.4) is 0 Å². The average Bonchev–Trinajstić information content (AvgIpc) is 3.50. The molecule has 20 heteroatoms. The number of rotatable bonds is 7. The summed E-state index contributed by atoms with van der Waals surface area (Å²) >= 11 is 1.62. The van der Waals surface area contributed by atoms with Crippen LogP contribution in [0.2, 0.25) is 0 Å². The number of nitrogens with zero attached hydrogens (tertiary/aromatic N) is 7. The van der Waals surface area contributed by atoms with Crippen LogP contribution in [0.25, 0.3) is 34.7 Å². The Morgan fingerprint density at radius 2 is 1.25 bits per heavy atom. The van der Waals surface area contributed by atoms with Gasteiger partial charge in [0.05, 0.1) is 52.6 Å². The normalized spacial score (nSPS) is 18.4. The zero-order valence-corrected chi connectivity index (χ0v) is 34.5. The molecule has 6 heterocycles. The highest BCUT2D eigenvalue weighted by atomic mass is 32.2. The van der Waals surface area contributed by atoms with Crippen LogP contribution in [0, 0.1) is 11.6 Å². The molecule has 0 unspecified atom stereocenters. The molecule has 2 aromatic carbocycles. The molecule has 4 aliphatic rings. The van der Waals surface area contributed by atoms with E-state index < -0.39 is 33.9 Å². The van der Waals surface area contributed by atoms with Crippen molar-refractivity contribution in [2.45, 2.75) is 19.8 Å². The van der Waals surface area contributed by atoms with E-state index in [0.717, 1.165) is 62.5 Å². The molecule has 0 aliphatic carbocycles. The summed E-state index contributed by atoms with van der Waals surface area (Å²) in [5.74, 6) is -0.537. The van der Waals surface area contributed by atoms with Gasteiger partial charge in [-0.1, -0.05) is 12.1 Å². The number of hydrogen-bond acceptors (Lipinski definition) is 15. The van der Waals surface area contributed by atoms with Crippen molar-refractivity contribution in [3.8, 4) is 22.5 Å². The van der Waals surface area contributed by atoms with E-state index >= 15 is 0 Å². The first-order valence-corrected chi connectivity index (χ1v) is 21.0. The summed E-state index contributed by atoms with van der Waals surface area (Å²) in [7, 11) is 0. The van der Waals surface area contributed by atoms with Gasteiger partial charge < -0.3 is 24.8 Å². The Labute approximate surface area is 357 Å². The summed E-state index contributed by atoms with van der Waals surface area (Å²) in [5.41, 5.74) is 2.46. The second kappa shape index (κ2) is 19.9. The van der Waals surface area contributed by atoms with Gasteiger partial charge in [0.1, 0.15) is 23.3 Å². The fraction of sp³-hybridized carbons (Fsp3) is 0.293. The van der Waals surface area contributed by atoms with E-state index in [2.05, 4.69) is 40.8 Å². The third-order valence-electron chi connectivity index (χ3n) is 9.67. The quantitative estimate of drug-likeness (QED) is 0.192. The number of benzene rings is 2. The minimum atomic E-state index is -0.479. The standard InChI is InChI=1S/C22H22FN5O4S.C19H18FN5O2S/c1-2-32-22(31)28-7-3-6-27(8-9-28)19-13-24-12-17(25-19)15-10-14(4-5-16(15)23)11-18-20(29)26-21(30)33-18;20-14-3-2-12(9-16-18(26)24-19(27)28-16)8-13(14)15-10-22-11-17(23-15)25-6-1-4-21-5-7-25/h4-5,10-13H,2-3,6-9H2,1H3,(H,26,29,30);2-3,8-11,21H,1,4-7H2,(H,24,26,27)/b18-11-;16-9-. The molecule has 8 rings (SSSR count). The molecule has 0 atom stereocenters. The van der Waals surface area contributed by atoms with Gasteiger partial charge in [-0.05, 0) is 97.4 Å². The topological polar surface area (TPSA) is 192 Å². The van der Waals surface area contributed by atoms with Gasteiger partial charge in [-0.25, -0.2) is 23.5 Å². The first-order chi connectivity index (χ1) is 29.5. The lowest BCUT2D eigenvalue weighted by Crippen LogP contribution is -2.35. The second-order valence-corrected chi connectivity index (χ2v) is 15.9. The molecule has 2 aromatic heterocycles. The van der Waals surface area contributed by atoms with Crippen molar-refractivity contribution in [3.05, 3.63) is 93.8 Å². The number of amides is 5. The van der Waals surface area contributed by atoms with Crippen molar-refractivity contribution in [1.82, 2.24) is 40.8 Å². The fourth-order valence-corrected chi connectivity index (χ4v) is 8.06. The van der Waals surface area contributed by atoms with E-state index in [-0.39, 0.29) is 21.5 Å². The van der Waals surface area contributed by atoms with E-state index in [0.29, 0.717) is 72.5 Å². The van der Waals surface area contributed by atoms with Gasteiger partial charge in [0.25, 0.3) is 22.3 Å². The van der Waals surface area contributed by atoms with Gasteiger partial charge in [0.15, 0.2) is 0 Å². The number of carbonyl (C=O) groups excluding carboxylic acids is 5. The van der Waals surface area contributed by atoms with Gasteiger partial charge in [0, 0.05) is 56.9 Å². The molecule has 4 fully saturated rings. The number of nitrogens with one attached hydrogen (secondary N) is 3. The molecule has 0 spiro atoms. The Kier molecular flexibility index (Phi) is 14.0. The molecule has 0 bridgehead atoms. The van der Waals surface area contributed by atoms with Crippen LogP contribution in [0.1, 0.15) is 30.9 Å². The summed E-state index contributed by atoms with van der Waals surface area (Å²) < 4.78 is 34.2. The fourth-order valence-electron chi connectivity index (χ4n) is 6.70. The van der Waals surface area contributed by atoms with Crippen molar-refractivity contribution in [2.75, 3.05) is 68.8 Å². The largest absolute Gasteiger partial charge is 0.450 e. The molecule has 4 saturated heterocycles. The van der Waals surface area contributed by atoms with Crippen molar-refractivity contribution >= 4 is 75.7 Å². The summed E-state index contributed by atoms with van der Waals surface area (Å²) in [6.07, 6.45) is 10.8. The summed E-state index contributed by atoms with van der Waals surface area (Å²) in [6, 6.07) is 8.87. The van der Waals surface area contributed by atoms with Crippen LogP contribution >= 0.6 is 23.5 Å². The highest BCUT2D eigenvalue weighted by Gasteiger charge is 2.27. The van der Waals surface area contributed by atoms with Crippen LogP contribution in [0.15, 0.2) is 71.0 Å². The molecule has 316 valence electrons. The number of carbonyl (C=O) groups is 5. The van der Waals surface area contributed by atoms with E-state index in [1.807, 2.05) is 4.90 Å². The Bertz CT molecular complexity index is 2410. The minimum absolute atomic E-state index is 0.233. The molecule has 3 N–H and O–H groups in total. The predicted molar refractivity (Wildman–Crippen MR) is 228 cm³/mol. The molecular formula is C41H40F2N10O6S2. The first-order valence-electron chi connectivity index (χ1n) is 19.4. The molecule has 61 heavy (non-hydrogen) atoms. The van der Waals surface area contributed by atoms with Gasteiger partial charge in [-0.2, -0.15) is 0 Å². The predicted octanol–water partition coefficient (Wildman–Crippen LogP) is 5.68. The van der Waals surface area contributed by atoms with Crippen molar-refractivity contribution in [2.24, 2.45) is 0 Å². The summed E-state index contributed by atoms with van der Waals surface area (Å²) in [5, 5.41) is 6.88. The number of ether oxygens (including phenoxy) is 1. The smallest absolute Gasteiger partial charge is 0.409 e. The SMILES string of the molecule is CCOC(=O)N1CCCN(c2cncc(-c3cc(/C=C4\SC(=O)NC4=O)ccc3F)n2)CC1.O=C1NC(=O)/C(=C/c2ccc(F)c(-c3cncc(N4CCCNCC4)n3)c2)S1. The third kappa shape index (κ3) is 10.9. The van der Waals surface area contributed by atoms with E-state index in [4.69, 9.17) is 4.74 Å². The van der Waals surface area contributed by atoms with E-state index in [1.54, 1.807) is 48.5 Å². The maximum atomic E-state index is 14.7. The van der Waals surface area contributed by atoms with Gasteiger partial charge >= 0.3 is 6.09 Å². The Morgan fingerprint density at radius 1 is 0.705 bits per heavy atom. The molecule has 0 radical (unpaired) electrons. The highest BCUT2D eigenvalue weighted by Crippen LogP contribution is 2.31. The number of halogens is 2. The van der Waals surface area contributed by atoms with Crippen LogP contribution < -0.4 is 25.8 Å². The summed E-state index contributed by atoms with van der Waals surface area (Å²) in [6.45, 7) is 7.89. The molecule has 4 aromatic rings. The lowest BCUT2D eigenvalue weighted by Gasteiger charge is -2.22. The third-order valence-corrected chi connectivity index (χ3v) is 11.3. The van der Waals surface area contributed by atoms with Crippen LogP contribution in [-0.2, 0) is 14.3 Å². The maximum absolute atomic E-state index is 14.7. The number of thioether (sulfide) groups is 2. The molecule has 0 saturated carbocycles. The van der Waals surface area contributed by atoms with Crippen LogP contribution in [-0.4, -0.2) is 112 Å². The lowest BCUT2D eigenvalue weighted by molar-refractivity contribution is -0.116. The molecule has 4 aliphatic heterocycles. The number of hydrogen-bond donors (Lipinski definition) is 3. The second-order valence-electron chi connectivity index (χ2n) is 13.8. The molecule has 5 amide bonds. The Morgan fingerprint density at radius 3 is 1.77 bits per heavy atom.